The molecule has 8 heteroatoms. The zero-order valence-electron chi connectivity index (χ0n) is 15.6. The van der Waals surface area contributed by atoms with Crippen molar-refractivity contribution in [3.05, 3.63) is 48.0 Å². The molecule has 0 aliphatic carbocycles. The minimum absolute atomic E-state index is 0.0889. The number of anilines is 2. The number of nitrogens with one attached hydrogen (secondary N) is 1. The number of amides is 3. The molecule has 8 nitrogen and oxygen atoms in total. The predicted molar refractivity (Wildman–Crippen MR) is 104 cm³/mol. The van der Waals surface area contributed by atoms with E-state index in [4.69, 9.17) is 15.2 Å². The summed E-state index contributed by atoms with van der Waals surface area (Å²) in [6.45, 7) is 0.230. The second-order valence-corrected chi connectivity index (χ2v) is 6.37. The topological polar surface area (TPSA) is 111 Å². The maximum absolute atomic E-state index is 12.6. The van der Waals surface area contributed by atoms with Crippen LogP contribution in [0.2, 0.25) is 0 Å². The number of ether oxygens (including phenoxy) is 2. The van der Waals surface area contributed by atoms with Gasteiger partial charge in [-0.2, -0.15) is 0 Å². The third kappa shape index (κ3) is 3.90. The molecule has 146 valence electrons. The standard InChI is InChI=1S/C20H21N3O5/c1-27-15-7-8-17(28-2)16(10-15)23-11-13(9-18(23)24)20(26)22-14-5-3-12(4-6-14)19(21)25/h3-8,10,13H,9,11H2,1-2H3,(H2,21,25)(H,22,26)/t13-/m1/s1. The van der Waals surface area contributed by atoms with Crippen LogP contribution in [0, 0.1) is 5.92 Å². The maximum atomic E-state index is 12.6. The Balaban J connectivity index is 1.73. The summed E-state index contributed by atoms with van der Waals surface area (Å²) in [5, 5.41) is 2.77. The van der Waals surface area contributed by atoms with Crippen molar-refractivity contribution in [1.82, 2.24) is 0 Å². The van der Waals surface area contributed by atoms with Gasteiger partial charge in [0.15, 0.2) is 0 Å². The number of hydrogen-bond acceptors (Lipinski definition) is 5. The zero-order valence-corrected chi connectivity index (χ0v) is 15.6. The van der Waals surface area contributed by atoms with Crippen LogP contribution in [0.25, 0.3) is 0 Å². The van der Waals surface area contributed by atoms with Gasteiger partial charge in [0.2, 0.25) is 17.7 Å². The highest BCUT2D eigenvalue weighted by atomic mass is 16.5. The Kier molecular flexibility index (Phi) is 5.49. The van der Waals surface area contributed by atoms with Crippen LogP contribution < -0.4 is 25.4 Å². The van der Waals surface area contributed by atoms with E-state index in [1.165, 1.54) is 31.3 Å². The lowest BCUT2D eigenvalue weighted by Crippen LogP contribution is -2.28. The summed E-state index contributed by atoms with van der Waals surface area (Å²) in [5.74, 6) is -0.384. The fourth-order valence-electron chi connectivity index (χ4n) is 3.09. The molecule has 1 aliphatic heterocycles. The van der Waals surface area contributed by atoms with E-state index in [2.05, 4.69) is 5.32 Å². The van der Waals surface area contributed by atoms with E-state index in [1.54, 1.807) is 30.3 Å². The van der Waals surface area contributed by atoms with Gasteiger partial charge in [-0.1, -0.05) is 0 Å². The van der Waals surface area contributed by atoms with Crippen molar-refractivity contribution in [2.24, 2.45) is 11.7 Å². The van der Waals surface area contributed by atoms with Gasteiger partial charge in [0, 0.05) is 30.3 Å². The van der Waals surface area contributed by atoms with E-state index >= 15 is 0 Å². The van der Waals surface area contributed by atoms with Crippen molar-refractivity contribution in [3.8, 4) is 11.5 Å². The quantitative estimate of drug-likeness (QED) is 0.790. The molecule has 2 aromatic carbocycles. The molecule has 0 unspecified atom stereocenters. The fraction of sp³-hybridized carbons (Fsp3) is 0.250. The van der Waals surface area contributed by atoms with Gasteiger partial charge in [-0.05, 0) is 36.4 Å². The summed E-state index contributed by atoms with van der Waals surface area (Å²) in [4.78, 5) is 37.8. The Morgan fingerprint density at radius 3 is 2.43 bits per heavy atom. The highest BCUT2D eigenvalue weighted by Gasteiger charge is 2.36. The molecule has 2 aromatic rings. The van der Waals surface area contributed by atoms with E-state index in [1.807, 2.05) is 0 Å². The highest BCUT2D eigenvalue weighted by molar-refractivity contribution is 6.04. The molecule has 3 N–H and O–H groups in total. The minimum Gasteiger partial charge on any atom is -0.497 e. The van der Waals surface area contributed by atoms with E-state index < -0.39 is 11.8 Å². The Bertz CT molecular complexity index is 911. The Morgan fingerprint density at radius 1 is 1.11 bits per heavy atom. The molecule has 0 radical (unpaired) electrons. The first kappa shape index (κ1) is 19.2. The van der Waals surface area contributed by atoms with Gasteiger partial charge in [0.1, 0.15) is 11.5 Å². The van der Waals surface area contributed by atoms with Gasteiger partial charge in [-0.15, -0.1) is 0 Å². The van der Waals surface area contributed by atoms with Crippen molar-refractivity contribution in [2.75, 3.05) is 31.0 Å². The molecule has 1 heterocycles. The summed E-state index contributed by atoms with van der Waals surface area (Å²) < 4.78 is 10.6. The second kappa shape index (κ2) is 7.99. The molecule has 1 atom stereocenters. The van der Waals surface area contributed by atoms with Crippen molar-refractivity contribution in [2.45, 2.75) is 6.42 Å². The molecule has 0 spiro atoms. The third-order valence-corrected chi connectivity index (χ3v) is 4.61. The van der Waals surface area contributed by atoms with Crippen molar-refractivity contribution in [1.29, 1.82) is 0 Å². The summed E-state index contributed by atoms with van der Waals surface area (Å²) in [6, 6.07) is 11.4. The molecular formula is C20H21N3O5. The maximum Gasteiger partial charge on any atom is 0.248 e. The summed E-state index contributed by atoms with van der Waals surface area (Å²) in [6.07, 6.45) is 0.0889. The molecule has 3 amide bonds. The smallest absolute Gasteiger partial charge is 0.248 e. The third-order valence-electron chi connectivity index (χ3n) is 4.61. The monoisotopic (exact) mass is 383 g/mol. The van der Waals surface area contributed by atoms with Crippen molar-refractivity contribution < 1.29 is 23.9 Å². The number of nitrogens with zero attached hydrogens (tertiary/aromatic N) is 1. The van der Waals surface area contributed by atoms with Crippen LogP contribution in [0.1, 0.15) is 16.8 Å². The van der Waals surface area contributed by atoms with Crippen LogP contribution in [0.5, 0.6) is 11.5 Å². The number of rotatable bonds is 6. The molecule has 1 fully saturated rings. The molecule has 0 bridgehead atoms. The zero-order chi connectivity index (χ0) is 20.3. The Morgan fingerprint density at radius 2 is 1.82 bits per heavy atom. The molecular weight excluding hydrogens is 362 g/mol. The number of primary amides is 1. The number of carbonyl (C=O) groups is 3. The first-order valence-corrected chi connectivity index (χ1v) is 8.66. The minimum atomic E-state index is -0.540. The molecule has 1 aliphatic rings. The molecule has 3 rings (SSSR count). The Hall–Kier alpha value is -3.55. The number of methoxy groups -OCH3 is 2. The lowest BCUT2D eigenvalue weighted by molar-refractivity contribution is -0.122. The number of nitrogens with two attached hydrogens (primary N) is 1. The lowest BCUT2D eigenvalue weighted by Gasteiger charge is -2.20. The van der Waals surface area contributed by atoms with Crippen LogP contribution >= 0.6 is 0 Å². The van der Waals surface area contributed by atoms with E-state index in [0.29, 0.717) is 28.4 Å². The van der Waals surface area contributed by atoms with E-state index in [0.717, 1.165) is 0 Å². The Labute approximate surface area is 162 Å². The summed E-state index contributed by atoms with van der Waals surface area (Å²) in [5.41, 5.74) is 6.65. The molecule has 0 aromatic heterocycles. The largest absolute Gasteiger partial charge is 0.497 e. The van der Waals surface area contributed by atoms with Gasteiger partial charge in [0.05, 0.1) is 25.8 Å². The summed E-state index contributed by atoms with van der Waals surface area (Å²) >= 11 is 0. The van der Waals surface area contributed by atoms with Crippen LogP contribution in [0.3, 0.4) is 0 Å². The predicted octanol–water partition coefficient (Wildman–Crippen LogP) is 1.79. The van der Waals surface area contributed by atoms with Crippen LogP contribution in [0.4, 0.5) is 11.4 Å². The average molecular weight is 383 g/mol. The first-order chi connectivity index (χ1) is 13.4. The SMILES string of the molecule is COc1ccc(OC)c(N2C[C@H](C(=O)Nc3ccc(C(N)=O)cc3)CC2=O)c1. The van der Waals surface area contributed by atoms with Crippen molar-refractivity contribution >= 4 is 29.1 Å². The number of carbonyl (C=O) groups excluding carboxylic acids is 3. The molecule has 0 saturated carbocycles. The van der Waals surface area contributed by atoms with E-state index in [9.17, 15) is 14.4 Å². The average Bonchev–Trinajstić information content (AvgIpc) is 3.09. The van der Waals surface area contributed by atoms with Gasteiger partial charge in [-0.25, -0.2) is 0 Å². The van der Waals surface area contributed by atoms with Gasteiger partial charge in [0.25, 0.3) is 0 Å². The van der Waals surface area contributed by atoms with Crippen LogP contribution in [-0.2, 0) is 9.59 Å². The van der Waals surface area contributed by atoms with Gasteiger partial charge >= 0.3 is 0 Å². The van der Waals surface area contributed by atoms with Crippen molar-refractivity contribution in [3.63, 3.8) is 0 Å². The van der Waals surface area contributed by atoms with Crippen LogP contribution in [-0.4, -0.2) is 38.5 Å². The molecule has 1 saturated heterocycles. The fourth-order valence-corrected chi connectivity index (χ4v) is 3.09. The lowest BCUT2D eigenvalue weighted by atomic mass is 10.1. The summed E-state index contributed by atoms with van der Waals surface area (Å²) in [7, 11) is 3.06. The van der Waals surface area contributed by atoms with E-state index in [-0.39, 0.29) is 24.8 Å². The second-order valence-electron chi connectivity index (χ2n) is 6.37. The number of benzene rings is 2. The van der Waals surface area contributed by atoms with Gasteiger partial charge < -0.3 is 25.4 Å². The highest BCUT2D eigenvalue weighted by Crippen LogP contribution is 2.36. The molecule has 28 heavy (non-hydrogen) atoms. The van der Waals surface area contributed by atoms with Gasteiger partial charge in [-0.3, -0.25) is 14.4 Å². The number of hydrogen-bond donors (Lipinski definition) is 2. The van der Waals surface area contributed by atoms with Crippen LogP contribution in [0.15, 0.2) is 42.5 Å². The first-order valence-electron chi connectivity index (χ1n) is 8.66. The normalized spacial score (nSPS) is 16.0.